The molecule has 1 atom stereocenters. The predicted octanol–water partition coefficient (Wildman–Crippen LogP) is 1.26. The predicted molar refractivity (Wildman–Crippen MR) is 65.8 cm³/mol. The van der Waals surface area contributed by atoms with Crippen molar-refractivity contribution < 1.29 is 4.79 Å². The summed E-state index contributed by atoms with van der Waals surface area (Å²) in [6, 6.07) is 1.75. The van der Waals surface area contributed by atoms with Crippen molar-refractivity contribution in [1.29, 1.82) is 0 Å². The molecule has 1 amide bonds. The molecule has 0 fully saturated rings. The fourth-order valence-corrected chi connectivity index (χ4v) is 2.15. The average Bonchev–Trinajstić information content (AvgIpc) is 3.00. The van der Waals surface area contributed by atoms with Crippen molar-refractivity contribution in [2.75, 3.05) is 6.54 Å². The van der Waals surface area contributed by atoms with Gasteiger partial charge in [-0.1, -0.05) is 0 Å². The van der Waals surface area contributed by atoms with Gasteiger partial charge in [0.2, 0.25) is 5.91 Å². The molecule has 2 aromatic heterocycles. The molecule has 90 valence electrons. The number of hydrogen-bond acceptors (Lipinski definition) is 4. The van der Waals surface area contributed by atoms with Crippen molar-refractivity contribution in [2.24, 2.45) is 0 Å². The topological polar surface area (TPSA) is 59.8 Å². The van der Waals surface area contributed by atoms with E-state index in [0.29, 0.717) is 6.54 Å². The van der Waals surface area contributed by atoms with Crippen molar-refractivity contribution >= 4 is 17.2 Å². The maximum absolute atomic E-state index is 11.8. The third-order valence-electron chi connectivity index (χ3n) is 2.51. The number of nitrogens with zero attached hydrogens (tertiary/aromatic N) is 3. The van der Waals surface area contributed by atoms with Crippen LogP contribution in [-0.4, -0.2) is 27.2 Å². The molecule has 1 N–H and O–H groups in total. The molecule has 6 heteroatoms. The van der Waals surface area contributed by atoms with Crippen molar-refractivity contribution in [3.63, 3.8) is 0 Å². The van der Waals surface area contributed by atoms with Crippen molar-refractivity contribution in [1.82, 2.24) is 20.1 Å². The van der Waals surface area contributed by atoms with Crippen LogP contribution in [0.2, 0.25) is 0 Å². The lowest BCUT2D eigenvalue weighted by molar-refractivity contribution is -0.124. The zero-order chi connectivity index (χ0) is 12.1. The lowest BCUT2D eigenvalue weighted by Crippen LogP contribution is -2.32. The van der Waals surface area contributed by atoms with Crippen LogP contribution >= 0.6 is 11.3 Å². The minimum atomic E-state index is -0.319. The Morgan fingerprint density at radius 2 is 2.53 bits per heavy atom. The van der Waals surface area contributed by atoms with E-state index in [4.69, 9.17) is 0 Å². The average molecular weight is 250 g/mol. The molecular formula is C11H14N4OS. The highest BCUT2D eigenvalue weighted by atomic mass is 32.1. The van der Waals surface area contributed by atoms with Gasteiger partial charge < -0.3 is 5.32 Å². The summed E-state index contributed by atoms with van der Waals surface area (Å²) in [6.07, 6.45) is 3.83. The van der Waals surface area contributed by atoms with Crippen LogP contribution in [0.15, 0.2) is 29.5 Å². The van der Waals surface area contributed by atoms with Crippen molar-refractivity contribution in [3.05, 3.63) is 35.0 Å². The molecule has 5 nitrogen and oxygen atoms in total. The second kappa shape index (κ2) is 5.58. The number of carbonyl (C=O) groups excluding carboxylic acids is 1. The molecule has 2 aromatic rings. The molecule has 0 spiro atoms. The SMILES string of the molecule is CC(C(=O)NCCc1ccsc1)n1cncn1. The molecular weight excluding hydrogens is 236 g/mol. The Bertz CT molecular complexity index is 452. The van der Waals surface area contributed by atoms with Gasteiger partial charge in [0.15, 0.2) is 0 Å². The maximum atomic E-state index is 11.8. The van der Waals surface area contributed by atoms with Crippen LogP contribution in [-0.2, 0) is 11.2 Å². The van der Waals surface area contributed by atoms with E-state index in [1.165, 1.54) is 11.9 Å². The second-order valence-corrected chi connectivity index (χ2v) is 4.50. The molecule has 0 radical (unpaired) electrons. The number of rotatable bonds is 5. The molecule has 0 bridgehead atoms. The Morgan fingerprint density at radius 3 is 3.18 bits per heavy atom. The first-order valence-corrected chi connectivity index (χ1v) is 6.34. The van der Waals surface area contributed by atoms with Gasteiger partial charge in [-0.3, -0.25) is 4.79 Å². The monoisotopic (exact) mass is 250 g/mol. The Balaban J connectivity index is 1.77. The van der Waals surface area contributed by atoms with Gasteiger partial charge in [0.05, 0.1) is 0 Å². The van der Waals surface area contributed by atoms with Gasteiger partial charge >= 0.3 is 0 Å². The summed E-state index contributed by atoms with van der Waals surface area (Å²) in [7, 11) is 0. The fraction of sp³-hybridized carbons (Fsp3) is 0.364. The molecule has 17 heavy (non-hydrogen) atoms. The summed E-state index contributed by atoms with van der Waals surface area (Å²) in [5.41, 5.74) is 1.25. The third-order valence-corrected chi connectivity index (χ3v) is 3.24. The second-order valence-electron chi connectivity index (χ2n) is 3.72. The molecule has 1 unspecified atom stereocenters. The third kappa shape index (κ3) is 3.13. The first-order chi connectivity index (χ1) is 8.27. The van der Waals surface area contributed by atoms with Gasteiger partial charge in [-0.05, 0) is 35.7 Å². The normalized spacial score (nSPS) is 12.3. The van der Waals surface area contributed by atoms with Gasteiger partial charge in [-0.15, -0.1) is 0 Å². The fourth-order valence-electron chi connectivity index (χ4n) is 1.45. The van der Waals surface area contributed by atoms with E-state index in [-0.39, 0.29) is 11.9 Å². The summed E-state index contributed by atoms with van der Waals surface area (Å²) in [5.74, 6) is -0.0364. The number of thiophene rings is 1. The molecule has 0 aliphatic heterocycles. The van der Waals surface area contributed by atoms with E-state index in [2.05, 4.69) is 26.8 Å². The molecule has 0 aliphatic rings. The Labute approximate surface area is 103 Å². The van der Waals surface area contributed by atoms with Crippen LogP contribution in [0, 0.1) is 0 Å². The summed E-state index contributed by atoms with van der Waals surface area (Å²) in [5, 5.41) is 11.0. The molecule has 0 saturated heterocycles. The Kier molecular flexibility index (Phi) is 3.87. The van der Waals surface area contributed by atoms with Gasteiger partial charge in [-0.2, -0.15) is 16.4 Å². The summed E-state index contributed by atoms with van der Waals surface area (Å²) >= 11 is 1.67. The maximum Gasteiger partial charge on any atom is 0.244 e. The largest absolute Gasteiger partial charge is 0.354 e. The zero-order valence-corrected chi connectivity index (χ0v) is 10.4. The molecule has 2 heterocycles. The van der Waals surface area contributed by atoms with Gasteiger partial charge in [0, 0.05) is 6.54 Å². The van der Waals surface area contributed by atoms with E-state index in [1.807, 2.05) is 5.38 Å². The summed E-state index contributed by atoms with van der Waals surface area (Å²) < 4.78 is 1.54. The minimum absolute atomic E-state index is 0.0364. The Hall–Kier alpha value is -1.69. The van der Waals surface area contributed by atoms with Crippen LogP contribution < -0.4 is 5.32 Å². The first-order valence-electron chi connectivity index (χ1n) is 5.40. The number of carbonyl (C=O) groups is 1. The Morgan fingerprint density at radius 1 is 1.65 bits per heavy atom. The van der Waals surface area contributed by atoms with Crippen molar-refractivity contribution in [2.45, 2.75) is 19.4 Å². The van der Waals surface area contributed by atoms with Gasteiger partial charge in [0.25, 0.3) is 0 Å². The standard InChI is InChI=1S/C11H14N4OS/c1-9(15-8-12-7-14-15)11(16)13-4-2-10-3-5-17-6-10/h3,5-9H,2,4H2,1H3,(H,13,16). The van der Waals surface area contributed by atoms with Crippen LogP contribution in [0.4, 0.5) is 0 Å². The molecule has 0 aliphatic carbocycles. The van der Waals surface area contributed by atoms with E-state index in [9.17, 15) is 4.79 Å². The van der Waals surface area contributed by atoms with Crippen LogP contribution in [0.1, 0.15) is 18.5 Å². The quantitative estimate of drug-likeness (QED) is 0.869. The highest BCUT2D eigenvalue weighted by Crippen LogP contribution is 2.06. The van der Waals surface area contributed by atoms with E-state index < -0.39 is 0 Å². The number of aromatic nitrogens is 3. The smallest absolute Gasteiger partial charge is 0.244 e. The number of nitrogens with one attached hydrogen (secondary N) is 1. The minimum Gasteiger partial charge on any atom is -0.354 e. The van der Waals surface area contributed by atoms with Crippen LogP contribution in [0.25, 0.3) is 0 Å². The van der Waals surface area contributed by atoms with E-state index in [0.717, 1.165) is 6.42 Å². The highest BCUT2D eigenvalue weighted by molar-refractivity contribution is 7.07. The van der Waals surface area contributed by atoms with Gasteiger partial charge in [0.1, 0.15) is 18.7 Å². The molecule has 2 rings (SSSR count). The molecule has 0 saturated carbocycles. The lowest BCUT2D eigenvalue weighted by Gasteiger charge is -2.11. The van der Waals surface area contributed by atoms with E-state index in [1.54, 1.807) is 29.3 Å². The number of amides is 1. The van der Waals surface area contributed by atoms with E-state index >= 15 is 0 Å². The first kappa shape index (κ1) is 11.8. The summed E-state index contributed by atoms with van der Waals surface area (Å²) in [4.78, 5) is 15.6. The van der Waals surface area contributed by atoms with Crippen LogP contribution in [0.3, 0.4) is 0 Å². The highest BCUT2D eigenvalue weighted by Gasteiger charge is 2.14. The van der Waals surface area contributed by atoms with Crippen LogP contribution in [0.5, 0.6) is 0 Å². The van der Waals surface area contributed by atoms with Gasteiger partial charge in [-0.25, -0.2) is 9.67 Å². The summed E-state index contributed by atoms with van der Waals surface area (Å²) in [6.45, 7) is 2.45. The van der Waals surface area contributed by atoms with Crippen molar-refractivity contribution in [3.8, 4) is 0 Å². The number of hydrogen-bond donors (Lipinski definition) is 1. The zero-order valence-electron chi connectivity index (χ0n) is 9.54. The molecule has 0 aromatic carbocycles. The lowest BCUT2D eigenvalue weighted by atomic mass is 10.2.